The molecule has 2 aromatic rings. The second-order valence-electron chi connectivity index (χ2n) is 6.14. The van der Waals surface area contributed by atoms with Gasteiger partial charge in [-0.15, -0.1) is 0 Å². The van der Waals surface area contributed by atoms with Crippen LogP contribution < -0.4 is 15.4 Å². The van der Waals surface area contributed by atoms with Crippen LogP contribution in [0.15, 0.2) is 48.5 Å². The summed E-state index contributed by atoms with van der Waals surface area (Å²) in [5, 5.41) is 14.9. The van der Waals surface area contributed by atoms with Crippen molar-refractivity contribution < 1.29 is 19.4 Å². The summed E-state index contributed by atoms with van der Waals surface area (Å²) in [6.07, 6.45) is -0.686. The molecule has 0 saturated carbocycles. The predicted octanol–water partition coefficient (Wildman–Crippen LogP) is 3.48. The zero-order valence-electron chi connectivity index (χ0n) is 14.7. The van der Waals surface area contributed by atoms with E-state index in [-0.39, 0.29) is 17.4 Å². The van der Waals surface area contributed by atoms with Gasteiger partial charge in [0, 0.05) is 19.0 Å². The first kappa shape index (κ1) is 19.9. The number of ether oxygens (including phenoxy) is 1. The molecule has 3 rings (SSSR count). The average molecular weight is 420 g/mol. The van der Waals surface area contributed by atoms with Crippen molar-refractivity contribution in [2.45, 2.75) is 19.1 Å². The number of carbonyl (C=O) groups is 2. The van der Waals surface area contributed by atoms with E-state index in [4.69, 9.17) is 33.7 Å². The van der Waals surface area contributed by atoms with Crippen molar-refractivity contribution in [3.63, 3.8) is 0 Å². The first-order valence-corrected chi connectivity index (χ1v) is 9.31. The van der Waals surface area contributed by atoms with Crippen LogP contribution in [0.1, 0.15) is 12.0 Å². The first-order valence-electron chi connectivity index (χ1n) is 8.53. The summed E-state index contributed by atoms with van der Waals surface area (Å²) in [5.41, 5.74) is 1.39. The Labute approximate surface area is 172 Å². The van der Waals surface area contributed by atoms with E-state index in [9.17, 15) is 9.59 Å². The maximum Gasteiger partial charge on any atom is 0.410 e. The minimum atomic E-state index is -1.02. The molecule has 1 unspecified atom stereocenters. The summed E-state index contributed by atoms with van der Waals surface area (Å²) in [6, 6.07) is 14.2. The number of nitrogens with zero attached hydrogens (tertiary/aromatic N) is 1. The molecule has 0 aromatic heterocycles. The smallest absolute Gasteiger partial charge is 0.410 e. The zero-order valence-corrected chi connectivity index (χ0v) is 16.3. The molecule has 1 heterocycles. The van der Waals surface area contributed by atoms with E-state index in [2.05, 4.69) is 10.6 Å². The fourth-order valence-corrected chi connectivity index (χ4v) is 3.08. The Bertz CT molecular complexity index is 894. The molecule has 1 aliphatic heterocycles. The van der Waals surface area contributed by atoms with Gasteiger partial charge in [0.05, 0.1) is 17.1 Å². The topological polar surface area (TPSA) is 90.9 Å². The van der Waals surface area contributed by atoms with Crippen LogP contribution in [-0.4, -0.2) is 39.9 Å². The number of hydrogen-bond acceptors (Lipinski definition) is 4. The van der Waals surface area contributed by atoms with Gasteiger partial charge in [0.15, 0.2) is 11.3 Å². The van der Waals surface area contributed by atoms with Crippen LogP contribution in [0.2, 0.25) is 5.02 Å². The molecule has 7 nitrogen and oxygen atoms in total. The van der Waals surface area contributed by atoms with E-state index >= 15 is 0 Å². The van der Waals surface area contributed by atoms with Crippen LogP contribution in [0.5, 0.6) is 5.75 Å². The third-order valence-electron chi connectivity index (χ3n) is 4.13. The van der Waals surface area contributed by atoms with Crippen LogP contribution >= 0.6 is 23.8 Å². The number of nitrogens with one attached hydrogen (secondary N) is 2. The van der Waals surface area contributed by atoms with Crippen LogP contribution in [0.3, 0.4) is 0 Å². The average Bonchev–Trinajstić information content (AvgIpc) is 2.61. The van der Waals surface area contributed by atoms with Crippen LogP contribution in [0.25, 0.3) is 0 Å². The molecule has 146 valence electrons. The predicted molar refractivity (Wildman–Crippen MR) is 110 cm³/mol. The molecule has 0 aliphatic carbocycles. The summed E-state index contributed by atoms with van der Waals surface area (Å²) < 4.78 is 5.63. The van der Waals surface area contributed by atoms with E-state index in [1.54, 1.807) is 18.2 Å². The van der Waals surface area contributed by atoms with Gasteiger partial charge < -0.3 is 20.5 Å². The normalized spacial score (nSPS) is 15.3. The lowest BCUT2D eigenvalue weighted by Gasteiger charge is -2.38. The van der Waals surface area contributed by atoms with Crippen molar-refractivity contribution in [3.05, 3.63) is 59.1 Å². The van der Waals surface area contributed by atoms with Crippen LogP contribution in [0.4, 0.5) is 10.5 Å². The number of hydrogen-bond donors (Lipinski definition) is 3. The summed E-state index contributed by atoms with van der Waals surface area (Å²) in [4.78, 5) is 24.2. The Hall–Kier alpha value is -2.84. The SMILES string of the molecule is O=C(Cc1ccccc1)NC(=S)Nc1ccc(OC2CCN2C(=O)O)cc1Cl. The highest BCUT2D eigenvalue weighted by Crippen LogP contribution is 2.29. The Morgan fingerprint density at radius 1 is 1.25 bits per heavy atom. The zero-order chi connectivity index (χ0) is 20.1. The molecule has 0 spiro atoms. The molecule has 9 heteroatoms. The Morgan fingerprint density at radius 2 is 2.00 bits per heavy atom. The molecule has 1 saturated heterocycles. The van der Waals surface area contributed by atoms with Crippen molar-refractivity contribution in [2.24, 2.45) is 0 Å². The third kappa shape index (κ3) is 5.11. The third-order valence-corrected chi connectivity index (χ3v) is 4.65. The number of rotatable bonds is 5. The van der Waals surface area contributed by atoms with E-state index in [1.165, 1.54) is 4.90 Å². The number of benzene rings is 2. The molecule has 2 aromatic carbocycles. The first-order chi connectivity index (χ1) is 13.4. The number of anilines is 1. The van der Waals surface area contributed by atoms with Crippen LogP contribution in [-0.2, 0) is 11.2 Å². The Morgan fingerprint density at radius 3 is 2.61 bits per heavy atom. The second-order valence-corrected chi connectivity index (χ2v) is 6.96. The Kier molecular flexibility index (Phi) is 6.33. The minimum Gasteiger partial charge on any atom is -0.470 e. The van der Waals surface area contributed by atoms with E-state index in [0.29, 0.717) is 29.4 Å². The maximum atomic E-state index is 12.1. The molecule has 0 radical (unpaired) electrons. The lowest BCUT2D eigenvalue weighted by molar-refractivity contribution is -0.119. The quantitative estimate of drug-likeness (QED) is 0.643. The van der Waals surface area contributed by atoms with Gasteiger partial charge in [-0.25, -0.2) is 4.79 Å². The lowest BCUT2D eigenvalue weighted by atomic mass is 10.1. The largest absolute Gasteiger partial charge is 0.470 e. The van der Waals surface area contributed by atoms with Gasteiger partial charge in [-0.1, -0.05) is 41.9 Å². The van der Waals surface area contributed by atoms with E-state index in [1.807, 2.05) is 30.3 Å². The fourth-order valence-electron chi connectivity index (χ4n) is 2.64. The maximum absolute atomic E-state index is 12.1. The summed E-state index contributed by atoms with van der Waals surface area (Å²) >= 11 is 11.4. The summed E-state index contributed by atoms with van der Waals surface area (Å²) in [7, 11) is 0. The van der Waals surface area contributed by atoms with E-state index < -0.39 is 12.3 Å². The second kappa shape index (κ2) is 8.90. The number of carbonyl (C=O) groups excluding carboxylic acids is 1. The standard InChI is InChI=1S/C19H18ClN3O4S/c20-14-11-13(27-17-8-9-23(17)19(25)26)6-7-15(14)21-18(28)22-16(24)10-12-4-2-1-3-5-12/h1-7,11,17H,8-10H2,(H,25,26)(H2,21,22,24,28). The van der Waals surface area contributed by atoms with Crippen molar-refractivity contribution in [1.29, 1.82) is 0 Å². The fraction of sp³-hybridized carbons (Fsp3) is 0.211. The molecular formula is C19H18ClN3O4S. The monoisotopic (exact) mass is 419 g/mol. The molecule has 1 fully saturated rings. The summed E-state index contributed by atoms with van der Waals surface area (Å²) in [5.74, 6) is 0.212. The van der Waals surface area contributed by atoms with Gasteiger partial charge in [-0.2, -0.15) is 0 Å². The van der Waals surface area contributed by atoms with Crippen LogP contribution in [0, 0.1) is 0 Å². The molecule has 0 bridgehead atoms. The van der Waals surface area contributed by atoms with Crippen molar-refractivity contribution in [1.82, 2.24) is 10.2 Å². The van der Waals surface area contributed by atoms with Crippen molar-refractivity contribution in [2.75, 3.05) is 11.9 Å². The Balaban J connectivity index is 1.53. The number of carboxylic acid groups (broad SMARTS) is 1. The highest BCUT2D eigenvalue weighted by molar-refractivity contribution is 7.80. The van der Waals surface area contributed by atoms with E-state index in [0.717, 1.165) is 5.56 Å². The van der Waals surface area contributed by atoms with Gasteiger partial charge in [-0.3, -0.25) is 9.69 Å². The number of likely N-dealkylation sites (tertiary alicyclic amines) is 1. The number of thiocarbonyl (C=S) groups is 1. The molecule has 1 aliphatic rings. The molecule has 1 atom stereocenters. The van der Waals surface area contributed by atoms with Crippen molar-refractivity contribution >= 4 is 46.6 Å². The lowest BCUT2D eigenvalue weighted by Crippen LogP contribution is -2.53. The van der Waals surface area contributed by atoms with Gasteiger partial charge in [0.1, 0.15) is 5.75 Å². The molecule has 28 heavy (non-hydrogen) atoms. The van der Waals surface area contributed by atoms with Gasteiger partial charge in [-0.05, 0) is 29.9 Å². The van der Waals surface area contributed by atoms with Gasteiger partial charge >= 0.3 is 6.09 Å². The number of amides is 2. The molecular weight excluding hydrogens is 402 g/mol. The van der Waals surface area contributed by atoms with Crippen molar-refractivity contribution in [3.8, 4) is 5.75 Å². The minimum absolute atomic E-state index is 0.132. The highest BCUT2D eigenvalue weighted by Gasteiger charge is 2.33. The summed E-state index contributed by atoms with van der Waals surface area (Å²) in [6.45, 7) is 0.449. The molecule has 2 amide bonds. The van der Waals surface area contributed by atoms with Gasteiger partial charge in [0.25, 0.3) is 0 Å². The highest BCUT2D eigenvalue weighted by atomic mass is 35.5. The van der Waals surface area contributed by atoms with Gasteiger partial charge in [0.2, 0.25) is 5.91 Å². The number of halogens is 1. The molecule has 3 N–H and O–H groups in total.